The van der Waals surface area contributed by atoms with Gasteiger partial charge in [0.25, 0.3) is 0 Å². The van der Waals surface area contributed by atoms with Gasteiger partial charge in [0.2, 0.25) is 11.8 Å². The molecule has 2 amide bonds. The minimum absolute atomic E-state index is 0.176. The monoisotopic (exact) mass is 215 g/mol. The summed E-state index contributed by atoms with van der Waals surface area (Å²) in [6.45, 7) is 0. The van der Waals surface area contributed by atoms with Crippen molar-refractivity contribution in [3.05, 3.63) is 35.4 Å². The van der Waals surface area contributed by atoms with E-state index in [0.29, 0.717) is 12.0 Å². The van der Waals surface area contributed by atoms with E-state index in [9.17, 15) is 14.4 Å². The van der Waals surface area contributed by atoms with Crippen LogP contribution in [0.5, 0.6) is 0 Å². The van der Waals surface area contributed by atoms with E-state index in [1.54, 1.807) is 24.3 Å². The fourth-order valence-corrected chi connectivity index (χ4v) is 2.45. The Hall–Kier alpha value is -1.97. The molecule has 2 aliphatic rings. The first kappa shape index (κ1) is 9.27. The van der Waals surface area contributed by atoms with Gasteiger partial charge in [0.1, 0.15) is 6.29 Å². The molecular weight excluding hydrogens is 206 g/mol. The maximum absolute atomic E-state index is 11.7. The predicted molar refractivity (Wildman–Crippen MR) is 54.8 cm³/mol. The molecule has 1 aliphatic heterocycles. The van der Waals surface area contributed by atoms with Crippen LogP contribution in [-0.4, -0.2) is 18.1 Å². The number of hydrogen-bond donors (Lipinski definition) is 1. The molecule has 2 unspecified atom stereocenters. The van der Waals surface area contributed by atoms with Crippen molar-refractivity contribution >= 4 is 18.1 Å². The number of fused-ring (bicyclic) bond motifs is 1. The number of aldehydes is 1. The van der Waals surface area contributed by atoms with Gasteiger partial charge in [0.15, 0.2) is 0 Å². The molecule has 2 fully saturated rings. The quantitative estimate of drug-likeness (QED) is 0.574. The minimum Gasteiger partial charge on any atom is -0.298 e. The van der Waals surface area contributed by atoms with Crippen molar-refractivity contribution < 1.29 is 14.4 Å². The fraction of sp³-hybridized carbons (Fsp3) is 0.250. The lowest BCUT2D eigenvalue weighted by Gasteiger charge is -2.09. The van der Waals surface area contributed by atoms with E-state index in [2.05, 4.69) is 5.32 Å². The van der Waals surface area contributed by atoms with Crippen molar-refractivity contribution in [2.24, 2.45) is 5.92 Å². The highest BCUT2D eigenvalue weighted by atomic mass is 16.2. The molecular formula is C12H9NO3. The third-order valence-corrected chi connectivity index (χ3v) is 3.48. The van der Waals surface area contributed by atoms with Gasteiger partial charge in [-0.15, -0.1) is 0 Å². The number of imide groups is 1. The highest BCUT2D eigenvalue weighted by Gasteiger charge is 2.69. The van der Waals surface area contributed by atoms with Crippen LogP contribution in [0.25, 0.3) is 0 Å². The molecule has 0 aromatic heterocycles. The minimum atomic E-state index is -0.640. The summed E-state index contributed by atoms with van der Waals surface area (Å²) in [4.78, 5) is 33.6. The SMILES string of the molecule is O=Cc1ccc(C23CC2C(=O)NC3=O)cc1. The summed E-state index contributed by atoms with van der Waals surface area (Å²) in [5.74, 6) is -0.590. The molecule has 1 N–H and O–H groups in total. The first-order valence-corrected chi connectivity index (χ1v) is 5.09. The Balaban J connectivity index is 2.02. The fourth-order valence-electron chi connectivity index (χ4n) is 2.45. The van der Waals surface area contributed by atoms with E-state index >= 15 is 0 Å². The van der Waals surface area contributed by atoms with Crippen LogP contribution in [0.2, 0.25) is 0 Å². The van der Waals surface area contributed by atoms with E-state index in [-0.39, 0.29) is 17.7 Å². The largest absolute Gasteiger partial charge is 0.298 e. The predicted octanol–water partition coefficient (Wildman–Crippen LogP) is 0.413. The second-order valence-electron chi connectivity index (χ2n) is 4.29. The smallest absolute Gasteiger partial charge is 0.238 e. The van der Waals surface area contributed by atoms with Gasteiger partial charge in [0.05, 0.1) is 11.3 Å². The van der Waals surface area contributed by atoms with Gasteiger partial charge in [-0.2, -0.15) is 0 Å². The highest BCUT2D eigenvalue weighted by molar-refractivity contribution is 6.15. The number of piperidine rings is 1. The van der Waals surface area contributed by atoms with Crippen LogP contribution in [-0.2, 0) is 15.0 Å². The molecule has 80 valence electrons. The standard InChI is InChI=1S/C12H9NO3/c14-6-7-1-3-8(4-2-7)12-5-9(12)10(15)13-11(12)16/h1-4,6,9H,5H2,(H,13,15,16). The number of carbonyl (C=O) groups excluding carboxylic acids is 3. The first-order chi connectivity index (χ1) is 7.68. The van der Waals surface area contributed by atoms with Crippen LogP contribution in [0.3, 0.4) is 0 Å². The molecule has 0 spiro atoms. The summed E-state index contributed by atoms with van der Waals surface area (Å²) in [6, 6.07) is 6.84. The van der Waals surface area contributed by atoms with Crippen molar-refractivity contribution in [3.63, 3.8) is 0 Å². The van der Waals surface area contributed by atoms with Gasteiger partial charge in [-0.3, -0.25) is 19.7 Å². The number of benzene rings is 1. The maximum atomic E-state index is 11.7. The molecule has 1 aromatic rings. The number of rotatable bonds is 2. The highest BCUT2D eigenvalue weighted by Crippen LogP contribution is 2.57. The summed E-state index contributed by atoms with van der Waals surface area (Å²) in [5.41, 5.74) is 0.756. The zero-order valence-corrected chi connectivity index (χ0v) is 8.40. The van der Waals surface area contributed by atoms with Gasteiger partial charge in [-0.25, -0.2) is 0 Å². The van der Waals surface area contributed by atoms with Gasteiger partial charge in [-0.1, -0.05) is 24.3 Å². The lowest BCUT2D eigenvalue weighted by Crippen LogP contribution is -2.30. The van der Waals surface area contributed by atoms with Crippen molar-refractivity contribution in [1.29, 1.82) is 0 Å². The zero-order chi connectivity index (χ0) is 11.3. The van der Waals surface area contributed by atoms with Crippen molar-refractivity contribution in [1.82, 2.24) is 5.32 Å². The Morgan fingerprint density at radius 1 is 1.25 bits per heavy atom. The molecule has 1 aromatic carbocycles. The van der Waals surface area contributed by atoms with Gasteiger partial charge in [0, 0.05) is 5.56 Å². The zero-order valence-electron chi connectivity index (χ0n) is 8.40. The van der Waals surface area contributed by atoms with Crippen molar-refractivity contribution in [3.8, 4) is 0 Å². The Labute approximate surface area is 91.6 Å². The Morgan fingerprint density at radius 2 is 1.94 bits per heavy atom. The number of carbonyl (C=O) groups is 3. The third-order valence-electron chi connectivity index (χ3n) is 3.48. The topological polar surface area (TPSA) is 63.2 Å². The molecule has 16 heavy (non-hydrogen) atoms. The lowest BCUT2D eigenvalue weighted by atomic mass is 9.93. The van der Waals surface area contributed by atoms with Crippen LogP contribution >= 0.6 is 0 Å². The van der Waals surface area contributed by atoms with E-state index in [0.717, 1.165) is 11.8 Å². The summed E-state index contributed by atoms with van der Waals surface area (Å²) in [5, 5.41) is 2.34. The average Bonchev–Trinajstić information content (AvgIpc) is 3.00. The molecule has 1 saturated heterocycles. The molecule has 0 radical (unpaired) electrons. The summed E-state index contributed by atoms with van der Waals surface area (Å²) >= 11 is 0. The Bertz CT molecular complexity index is 506. The van der Waals surface area contributed by atoms with Gasteiger partial charge in [-0.05, 0) is 12.0 Å². The van der Waals surface area contributed by atoms with Crippen LogP contribution < -0.4 is 5.32 Å². The number of nitrogens with one attached hydrogen (secondary N) is 1. The van der Waals surface area contributed by atoms with Crippen LogP contribution in [0.15, 0.2) is 24.3 Å². The van der Waals surface area contributed by atoms with Crippen LogP contribution in [0.1, 0.15) is 22.3 Å². The van der Waals surface area contributed by atoms with E-state index < -0.39 is 5.41 Å². The molecule has 1 heterocycles. The van der Waals surface area contributed by atoms with Gasteiger partial charge < -0.3 is 0 Å². The second-order valence-corrected chi connectivity index (χ2v) is 4.29. The van der Waals surface area contributed by atoms with Crippen molar-refractivity contribution in [2.45, 2.75) is 11.8 Å². The van der Waals surface area contributed by atoms with E-state index in [1.165, 1.54) is 0 Å². The molecule has 4 nitrogen and oxygen atoms in total. The first-order valence-electron chi connectivity index (χ1n) is 5.09. The molecule has 1 aliphatic carbocycles. The third kappa shape index (κ3) is 0.961. The van der Waals surface area contributed by atoms with Crippen LogP contribution in [0.4, 0.5) is 0 Å². The van der Waals surface area contributed by atoms with Crippen LogP contribution in [0, 0.1) is 5.92 Å². The molecule has 0 bridgehead atoms. The second kappa shape index (κ2) is 2.78. The normalized spacial score (nSPS) is 30.9. The average molecular weight is 215 g/mol. The van der Waals surface area contributed by atoms with Gasteiger partial charge >= 0.3 is 0 Å². The summed E-state index contributed by atoms with van der Waals surface area (Å²) in [7, 11) is 0. The summed E-state index contributed by atoms with van der Waals surface area (Å²) in [6.07, 6.45) is 1.35. The number of hydrogen-bond acceptors (Lipinski definition) is 3. The van der Waals surface area contributed by atoms with Crippen molar-refractivity contribution in [2.75, 3.05) is 0 Å². The Kier molecular flexibility index (Phi) is 1.61. The number of amides is 2. The Morgan fingerprint density at radius 3 is 2.38 bits per heavy atom. The van der Waals surface area contributed by atoms with E-state index in [1.807, 2.05) is 0 Å². The molecule has 1 saturated carbocycles. The summed E-state index contributed by atoms with van der Waals surface area (Å²) < 4.78 is 0. The molecule has 2 atom stereocenters. The molecule has 3 rings (SSSR count). The lowest BCUT2D eigenvalue weighted by molar-refractivity contribution is -0.127. The van der Waals surface area contributed by atoms with E-state index in [4.69, 9.17) is 0 Å². The molecule has 4 heteroatoms. The maximum Gasteiger partial charge on any atom is 0.238 e.